The molecule has 1 aromatic carbocycles. The first-order valence-corrected chi connectivity index (χ1v) is 8.68. The number of amides is 3. The molecule has 0 saturated carbocycles. The molecule has 0 fully saturated rings. The zero-order valence-corrected chi connectivity index (χ0v) is 15.5. The van der Waals surface area contributed by atoms with E-state index < -0.39 is 24.0 Å². The summed E-state index contributed by atoms with van der Waals surface area (Å²) >= 11 is 1.35. The van der Waals surface area contributed by atoms with Crippen LogP contribution in [0.25, 0.3) is 0 Å². The minimum atomic E-state index is -1.03. The van der Waals surface area contributed by atoms with Gasteiger partial charge in [0.2, 0.25) is 0 Å². The monoisotopic (exact) mass is 352 g/mol. The van der Waals surface area contributed by atoms with Gasteiger partial charge in [-0.15, -0.1) is 11.8 Å². The van der Waals surface area contributed by atoms with Crippen LogP contribution in [0.4, 0.5) is 4.79 Å². The summed E-state index contributed by atoms with van der Waals surface area (Å²) in [6, 6.07) is 5.27. The quantitative estimate of drug-likeness (QED) is 0.607. The van der Waals surface area contributed by atoms with Gasteiger partial charge in [0, 0.05) is 10.9 Å². The average molecular weight is 352 g/mol. The molecule has 0 aliphatic rings. The van der Waals surface area contributed by atoms with Crippen LogP contribution in [0.3, 0.4) is 0 Å². The maximum Gasteiger partial charge on any atom is 0.321 e. The summed E-state index contributed by atoms with van der Waals surface area (Å²) in [6.07, 6.45) is -1.03. The molecule has 7 heteroatoms. The molecule has 0 aliphatic carbocycles. The van der Waals surface area contributed by atoms with E-state index in [1.54, 1.807) is 13.8 Å². The van der Waals surface area contributed by atoms with Crippen LogP contribution >= 0.6 is 11.8 Å². The van der Waals surface area contributed by atoms with E-state index in [0.29, 0.717) is 0 Å². The van der Waals surface area contributed by atoms with Crippen molar-refractivity contribution in [2.75, 3.05) is 5.75 Å². The largest absolute Gasteiger partial charge is 0.452 e. The van der Waals surface area contributed by atoms with Crippen LogP contribution in [0.15, 0.2) is 23.1 Å². The summed E-state index contributed by atoms with van der Waals surface area (Å²) < 4.78 is 5.05. The summed E-state index contributed by atoms with van der Waals surface area (Å²) in [5.74, 6) is -1.07. The zero-order chi connectivity index (χ0) is 18.3. The fourth-order valence-electron chi connectivity index (χ4n) is 1.89. The molecule has 0 aromatic heterocycles. The van der Waals surface area contributed by atoms with Crippen molar-refractivity contribution in [3.05, 3.63) is 29.3 Å². The molecule has 0 radical (unpaired) electrons. The van der Waals surface area contributed by atoms with Crippen LogP contribution in [-0.4, -0.2) is 35.8 Å². The van der Waals surface area contributed by atoms with Crippen LogP contribution < -0.4 is 10.6 Å². The van der Waals surface area contributed by atoms with Gasteiger partial charge in [-0.2, -0.15) is 0 Å². The van der Waals surface area contributed by atoms with Gasteiger partial charge in [0.25, 0.3) is 5.91 Å². The lowest BCUT2D eigenvalue weighted by molar-refractivity contribution is -0.151. The summed E-state index contributed by atoms with van der Waals surface area (Å²) in [7, 11) is 0. The molecule has 3 amide bonds. The molecular weight excluding hydrogens is 328 g/mol. The van der Waals surface area contributed by atoms with E-state index in [9.17, 15) is 14.4 Å². The number of hydrogen-bond acceptors (Lipinski definition) is 5. The van der Waals surface area contributed by atoms with Gasteiger partial charge in [-0.1, -0.05) is 17.7 Å². The van der Waals surface area contributed by atoms with E-state index in [-0.39, 0.29) is 11.8 Å². The first-order chi connectivity index (χ1) is 11.2. The summed E-state index contributed by atoms with van der Waals surface area (Å²) in [5, 5.41) is 4.66. The Morgan fingerprint density at radius 3 is 2.42 bits per heavy atom. The second kappa shape index (κ2) is 9.32. The number of aryl methyl sites for hydroxylation is 2. The first kappa shape index (κ1) is 20.0. The van der Waals surface area contributed by atoms with E-state index in [2.05, 4.69) is 10.6 Å². The maximum absolute atomic E-state index is 11.8. The Morgan fingerprint density at radius 1 is 1.17 bits per heavy atom. The highest BCUT2D eigenvalue weighted by Gasteiger charge is 2.20. The number of esters is 1. The standard InChI is InChI=1S/C17H24N2O4S/c1-10(2)18-17(22)19-16(21)13(5)23-15(20)9-24-14-7-6-11(3)8-12(14)4/h6-8,10,13H,9H2,1-5H3,(H2,18,19,21,22)/t13-/m0/s1. The second-order valence-corrected chi connectivity index (χ2v) is 6.82. The number of thioether (sulfide) groups is 1. The third-order valence-electron chi connectivity index (χ3n) is 3.01. The van der Waals surface area contributed by atoms with Gasteiger partial charge in [0.1, 0.15) is 0 Å². The molecule has 2 N–H and O–H groups in total. The van der Waals surface area contributed by atoms with Gasteiger partial charge in [-0.3, -0.25) is 14.9 Å². The Morgan fingerprint density at radius 2 is 1.83 bits per heavy atom. The number of nitrogens with one attached hydrogen (secondary N) is 2. The van der Waals surface area contributed by atoms with Crippen LogP contribution in [0, 0.1) is 13.8 Å². The predicted octanol–water partition coefficient (Wildman–Crippen LogP) is 2.56. The van der Waals surface area contributed by atoms with Crippen LogP contribution in [0.2, 0.25) is 0 Å². The minimum absolute atomic E-state index is 0.0928. The zero-order valence-electron chi connectivity index (χ0n) is 14.6. The third kappa shape index (κ3) is 7.04. The molecule has 0 heterocycles. The highest BCUT2D eigenvalue weighted by Crippen LogP contribution is 2.23. The smallest absolute Gasteiger partial charge is 0.321 e. The van der Waals surface area contributed by atoms with E-state index in [1.165, 1.54) is 18.7 Å². The molecule has 24 heavy (non-hydrogen) atoms. The molecule has 132 valence electrons. The van der Waals surface area contributed by atoms with Crippen LogP contribution in [0.1, 0.15) is 31.9 Å². The lowest BCUT2D eigenvalue weighted by Crippen LogP contribution is -2.46. The Labute approximate surface area is 146 Å². The number of benzene rings is 1. The van der Waals surface area contributed by atoms with Gasteiger partial charge in [-0.05, 0) is 46.2 Å². The molecule has 0 saturated heterocycles. The Hall–Kier alpha value is -2.02. The normalized spacial score (nSPS) is 11.8. The Bertz CT molecular complexity index is 617. The van der Waals surface area contributed by atoms with Gasteiger partial charge < -0.3 is 10.1 Å². The molecular formula is C17H24N2O4S. The minimum Gasteiger partial charge on any atom is -0.452 e. The van der Waals surface area contributed by atoms with Crippen molar-refractivity contribution in [1.82, 2.24) is 10.6 Å². The van der Waals surface area contributed by atoms with Crippen LogP contribution in [-0.2, 0) is 14.3 Å². The number of carbonyl (C=O) groups excluding carboxylic acids is 3. The Kier molecular flexibility index (Phi) is 7.78. The number of imide groups is 1. The summed E-state index contributed by atoms with van der Waals surface area (Å²) in [6.45, 7) is 8.96. The summed E-state index contributed by atoms with van der Waals surface area (Å²) in [5.41, 5.74) is 2.24. The molecule has 1 atom stereocenters. The van der Waals surface area contributed by atoms with Gasteiger partial charge in [0.15, 0.2) is 6.10 Å². The molecule has 1 rings (SSSR count). The van der Waals surface area contributed by atoms with Gasteiger partial charge in [-0.25, -0.2) is 4.79 Å². The predicted molar refractivity (Wildman–Crippen MR) is 94.0 cm³/mol. The second-order valence-electron chi connectivity index (χ2n) is 5.81. The van der Waals surface area contributed by atoms with Crippen LogP contribution in [0.5, 0.6) is 0 Å². The SMILES string of the molecule is Cc1ccc(SCC(=O)O[C@@H](C)C(=O)NC(=O)NC(C)C)c(C)c1. The average Bonchev–Trinajstić information content (AvgIpc) is 2.45. The molecule has 1 aromatic rings. The van der Waals surface area contributed by atoms with E-state index in [0.717, 1.165) is 16.0 Å². The van der Waals surface area contributed by atoms with Crippen molar-refractivity contribution in [3.8, 4) is 0 Å². The first-order valence-electron chi connectivity index (χ1n) is 7.70. The van der Waals surface area contributed by atoms with Gasteiger partial charge in [0.05, 0.1) is 5.75 Å². The molecule has 0 aliphatic heterocycles. The topological polar surface area (TPSA) is 84.5 Å². The van der Waals surface area contributed by atoms with Crippen molar-refractivity contribution >= 4 is 29.7 Å². The van der Waals surface area contributed by atoms with Crippen molar-refractivity contribution in [1.29, 1.82) is 0 Å². The van der Waals surface area contributed by atoms with E-state index in [4.69, 9.17) is 4.74 Å². The van der Waals surface area contributed by atoms with E-state index >= 15 is 0 Å². The van der Waals surface area contributed by atoms with E-state index in [1.807, 2.05) is 32.0 Å². The number of ether oxygens (including phenoxy) is 1. The molecule has 6 nitrogen and oxygen atoms in total. The van der Waals surface area contributed by atoms with Crippen molar-refractivity contribution in [2.45, 2.75) is 51.7 Å². The number of hydrogen-bond donors (Lipinski definition) is 2. The summed E-state index contributed by atoms with van der Waals surface area (Å²) in [4.78, 5) is 36.1. The molecule has 0 spiro atoms. The highest BCUT2D eigenvalue weighted by molar-refractivity contribution is 8.00. The maximum atomic E-state index is 11.8. The Balaban J connectivity index is 2.43. The number of carbonyl (C=O) groups is 3. The molecule has 0 bridgehead atoms. The van der Waals surface area contributed by atoms with Gasteiger partial charge >= 0.3 is 12.0 Å². The lowest BCUT2D eigenvalue weighted by atomic mass is 10.2. The lowest BCUT2D eigenvalue weighted by Gasteiger charge is -2.14. The number of urea groups is 1. The van der Waals surface area contributed by atoms with Crippen molar-refractivity contribution in [3.63, 3.8) is 0 Å². The third-order valence-corrected chi connectivity index (χ3v) is 4.16. The van der Waals surface area contributed by atoms with Crippen molar-refractivity contribution in [2.24, 2.45) is 0 Å². The van der Waals surface area contributed by atoms with Crippen molar-refractivity contribution < 1.29 is 19.1 Å². The number of rotatable bonds is 6. The molecule has 0 unspecified atom stereocenters. The fourth-order valence-corrected chi connectivity index (χ4v) is 2.69. The fraction of sp³-hybridized carbons (Fsp3) is 0.471. The highest BCUT2D eigenvalue weighted by atomic mass is 32.2.